The second-order valence-electron chi connectivity index (χ2n) is 7.27. The highest BCUT2D eigenvalue weighted by Crippen LogP contribution is 2.27. The van der Waals surface area contributed by atoms with Crippen molar-refractivity contribution < 1.29 is 5.11 Å². The number of anilines is 1. The van der Waals surface area contributed by atoms with Crippen LogP contribution in [0, 0.1) is 18.3 Å². The Labute approximate surface area is 161 Å². The smallest absolute Gasteiger partial charge is 0.211 e. The van der Waals surface area contributed by atoms with Gasteiger partial charge in [-0.25, -0.2) is 9.99 Å². The fourth-order valence-corrected chi connectivity index (χ4v) is 3.46. The molecule has 2 aromatic rings. The van der Waals surface area contributed by atoms with E-state index in [-0.39, 0.29) is 5.88 Å². The van der Waals surface area contributed by atoms with E-state index in [2.05, 4.69) is 31.8 Å². The lowest BCUT2D eigenvalue weighted by molar-refractivity contribution is 0.417. The van der Waals surface area contributed by atoms with Crippen molar-refractivity contribution >= 4 is 28.3 Å². The summed E-state index contributed by atoms with van der Waals surface area (Å²) in [7, 11) is 0. The van der Waals surface area contributed by atoms with Crippen LogP contribution in [-0.4, -0.2) is 45.4 Å². The molecule has 1 unspecified atom stereocenters. The number of benzene rings is 1. The molecule has 28 heavy (non-hydrogen) atoms. The molecule has 1 aliphatic carbocycles. The van der Waals surface area contributed by atoms with Crippen LogP contribution in [0.4, 0.5) is 5.69 Å². The zero-order valence-corrected chi connectivity index (χ0v) is 15.3. The van der Waals surface area contributed by atoms with Crippen molar-refractivity contribution in [2.75, 3.05) is 11.9 Å². The third-order valence-electron chi connectivity index (χ3n) is 5.03. The number of fused-ring (bicyclic) bond motifs is 2. The molecule has 0 radical (unpaired) electrons. The van der Waals surface area contributed by atoms with E-state index in [1.807, 2.05) is 31.2 Å². The molecular formula is C20H19N7O. The maximum atomic E-state index is 9.78. The molecule has 1 aromatic heterocycles. The molecule has 1 aromatic carbocycles. The van der Waals surface area contributed by atoms with Crippen molar-refractivity contribution in [1.29, 1.82) is 5.26 Å². The Kier molecular flexibility index (Phi) is 3.69. The largest absolute Gasteiger partial charge is 0.493 e. The van der Waals surface area contributed by atoms with Crippen molar-refractivity contribution in [3.63, 3.8) is 0 Å². The standard InChI is InChI=1S/C20H19N7O/c1-11-6-19(28)25-16-7-13(4-5-15(11)16)24-18-8-17(23-12-2-3-12)20-22-10-14(9-21)27(20)26-18/h4-8,12,14,23H,2-3,10H2,1H3,(H,24,26)(H,25,28). The van der Waals surface area contributed by atoms with Gasteiger partial charge in [0.05, 0.1) is 23.8 Å². The van der Waals surface area contributed by atoms with Crippen LogP contribution in [0.3, 0.4) is 0 Å². The van der Waals surface area contributed by atoms with E-state index in [4.69, 9.17) is 0 Å². The molecule has 8 heteroatoms. The van der Waals surface area contributed by atoms with Crippen LogP contribution in [0.15, 0.2) is 46.1 Å². The number of aromatic nitrogens is 1. The third kappa shape index (κ3) is 2.91. The molecule has 1 saturated carbocycles. The predicted octanol–water partition coefficient (Wildman–Crippen LogP) is 2.23. The average Bonchev–Trinajstić information content (AvgIpc) is 3.38. The van der Waals surface area contributed by atoms with Gasteiger partial charge in [0.1, 0.15) is 0 Å². The highest BCUT2D eigenvalue weighted by Gasteiger charge is 2.35. The fraction of sp³-hybridized carbons (Fsp3) is 0.300. The van der Waals surface area contributed by atoms with E-state index in [9.17, 15) is 10.4 Å². The Morgan fingerprint density at radius 1 is 1.29 bits per heavy atom. The van der Waals surface area contributed by atoms with Crippen LogP contribution < -0.4 is 10.6 Å². The lowest BCUT2D eigenvalue weighted by Gasteiger charge is -2.26. The molecule has 0 bridgehead atoms. The highest BCUT2D eigenvalue weighted by molar-refractivity contribution is 6.14. The Balaban J connectivity index is 1.48. The maximum absolute atomic E-state index is 9.78. The summed E-state index contributed by atoms with van der Waals surface area (Å²) in [5, 5.41) is 33.2. The van der Waals surface area contributed by atoms with Crippen LogP contribution in [-0.2, 0) is 0 Å². The number of aryl methyl sites for hydroxylation is 1. The number of aromatic hydroxyl groups is 1. The van der Waals surface area contributed by atoms with Gasteiger partial charge in [-0.3, -0.25) is 4.99 Å². The molecule has 0 spiro atoms. The summed E-state index contributed by atoms with van der Waals surface area (Å²) in [6, 6.07) is 9.77. The Morgan fingerprint density at radius 2 is 2.14 bits per heavy atom. The fourth-order valence-electron chi connectivity index (χ4n) is 3.46. The molecule has 3 aliphatic rings. The van der Waals surface area contributed by atoms with Gasteiger partial charge >= 0.3 is 0 Å². The van der Waals surface area contributed by atoms with Gasteiger partial charge in [-0.05, 0) is 37.5 Å². The Morgan fingerprint density at radius 3 is 2.93 bits per heavy atom. The first-order chi connectivity index (χ1) is 13.6. The number of hydrogen-bond acceptors (Lipinski definition) is 8. The van der Waals surface area contributed by atoms with Crippen molar-refractivity contribution in [3.05, 3.63) is 41.6 Å². The molecule has 0 amide bonds. The lowest BCUT2D eigenvalue weighted by atomic mass is 10.1. The molecule has 140 valence electrons. The number of rotatable bonds is 3. The second-order valence-corrected chi connectivity index (χ2v) is 7.27. The number of pyridine rings is 1. The van der Waals surface area contributed by atoms with Gasteiger partial charge in [-0.2, -0.15) is 10.4 Å². The number of aliphatic imine (C=N–C) groups is 1. The first-order valence-electron chi connectivity index (χ1n) is 9.28. The van der Waals surface area contributed by atoms with E-state index in [1.165, 1.54) is 0 Å². The molecule has 1 fully saturated rings. The van der Waals surface area contributed by atoms with E-state index < -0.39 is 6.04 Å². The number of nitrogens with zero attached hydrogens (tertiary/aromatic N) is 5. The number of hydrogen-bond donors (Lipinski definition) is 3. The van der Waals surface area contributed by atoms with E-state index >= 15 is 0 Å². The molecule has 2 aliphatic heterocycles. The van der Waals surface area contributed by atoms with Crippen LogP contribution in [0.5, 0.6) is 5.88 Å². The molecule has 3 heterocycles. The normalized spacial score (nSPS) is 20.8. The summed E-state index contributed by atoms with van der Waals surface area (Å²) >= 11 is 0. The van der Waals surface area contributed by atoms with Gasteiger partial charge in [0.15, 0.2) is 17.7 Å². The van der Waals surface area contributed by atoms with Gasteiger partial charge in [0, 0.05) is 29.3 Å². The Hall–Kier alpha value is -3.60. The zero-order chi connectivity index (χ0) is 19.3. The summed E-state index contributed by atoms with van der Waals surface area (Å²) in [6.45, 7) is 2.36. The minimum Gasteiger partial charge on any atom is -0.493 e. The zero-order valence-electron chi connectivity index (χ0n) is 15.3. The van der Waals surface area contributed by atoms with E-state index in [0.29, 0.717) is 23.9 Å². The summed E-state index contributed by atoms with van der Waals surface area (Å²) < 4.78 is 0. The first kappa shape index (κ1) is 16.6. The van der Waals surface area contributed by atoms with Crippen molar-refractivity contribution in [2.24, 2.45) is 10.1 Å². The van der Waals surface area contributed by atoms with Gasteiger partial charge in [-0.15, -0.1) is 0 Å². The summed E-state index contributed by atoms with van der Waals surface area (Å²) in [6.07, 6.45) is 4.22. The van der Waals surface area contributed by atoms with Gasteiger partial charge in [0.25, 0.3) is 0 Å². The van der Waals surface area contributed by atoms with Gasteiger partial charge in [-0.1, -0.05) is 6.07 Å². The molecular weight excluding hydrogens is 354 g/mol. The van der Waals surface area contributed by atoms with Gasteiger partial charge in [0.2, 0.25) is 5.88 Å². The number of nitrogens with one attached hydrogen (secondary N) is 2. The highest BCUT2D eigenvalue weighted by atomic mass is 16.3. The molecule has 3 N–H and O–H groups in total. The maximum Gasteiger partial charge on any atom is 0.211 e. The third-order valence-corrected chi connectivity index (χ3v) is 5.03. The van der Waals surface area contributed by atoms with E-state index in [0.717, 1.165) is 41.0 Å². The van der Waals surface area contributed by atoms with E-state index in [1.54, 1.807) is 11.1 Å². The SMILES string of the molecule is Cc1cc(O)nc2cc(NC3=NN4C(=NCC4C#N)C(NC4CC4)=C3)ccc12. The average molecular weight is 373 g/mol. The predicted molar refractivity (Wildman–Crippen MR) is 107 cm³/mol. The number of hydrazone groups is 1. The number of nitriles is 1. The van der Waals surface area contributed by atoms with Crippen molar-refractivity contribution in [3.8, 4) is 11.9 Å². The van der Waals surface area contributed by atoms with Crippen LogP contribution >= 0.6 is 0 Å². The minimum absolute atomic E-state index is 0.00255. The second kappa shape index (κ2) is 6.23. The summed E-state index contributed by atoms with van der Waals surface area (Å²) in [5.74, 6) is 1.35. The number of amidine groups is 2. The quantitative estimate of drug-likeness (QED) is 0.761. The lowest BCUT2D eigenvalue weighted by Crippen LogP contribution is -2.40. The Bertz CT molecular complexity index is 1110. The molecule has 0 saturated heterocycles. The van der Waals surface area contributed by atoms with Crippen LogP contribution in [0.1, 0.15) is 18.4 Å². The summed E-state index contributed by atoms with van der Waals surface area (Å²) in [4.78, 5) is 8.70. The minimum atomic E-state index is -0.394. The van der Waals surface area contributed by atoms with Crippen molar-refractivity contribution in [1.82, 2.24) is 15.3 Å². The van der Waals surface area contributed by atoms with Crippen molar-refractivity contribution in [2.45, 2.75) is 31.8 Å². The molecule has 5 rings (SSSR count). The van der Waals surface area contributed by atoms with Crippen LogP contribution in [0.2, 0.25) is 0 Å². The summed E-state index contributed by atoms with van der Waals surface area (Å²) in [5.41, 5.74) is 3.37. The topological polar surface area (TPSA) is 109 Å². The van der Waals surface area contributed by atoms with Crippen LogP contribution in [0.25, 0.3) is 10.9 Å². The first-order valence-corrected chi connectivity index (χ1v) is 9.28. The van der Waals surface area contributed by atoms with Gasteiger partial charge < -0.3 is 15.7 Å². The molecule has 1 atom stereocenters. The molecule has 8 nitrogen and oxygen atoms in total. The monoisotopic (exact) mass is 373 g/mol.